The lowest BCUT2D eigenvalue weighted by atomic mass is 10.1. The molecule has 0 unspecified atom stereocenters. The molecule has 1 heterocycles. The van der Waals surface area contributed by atoms with Gasteiger partial charge in [-0.2, -0.15) is 0 Å². The number of carbonyl (C=O) groups excluding carboxylic acids is 2. The van der Waals surface area contributed by atoms with E-state index < -0.39 is 5.97 Å². The Hall–Kier alpha value is -2.25. The number of amides is 1. The van der Waals surface area contributed by atoms with Crippen molar-refractivity contribution in [2.24, 2.45) is 0 Å². The van der Waals surface area contributed by atoms with Crippen LogP contribution in [-0.2, 0) is 16.1 Å². The molecule has 0 spiro atoms. The molecule has 0 radical (unpaired) electrons. The highest BCUT2D eigenvalue weighted by molar-refractivity contribution is 7.17. The minimum absolute atomic E-state index is 0.287. The Morgan fingerprint density at radius 1 is 1.24 bits per heavy atom. The Kier molecular flexibility index (Phi) is 5.02. The lowest BCUT2D eigenvalue weighted by Crippen LogP contribution is -2.11. The topological polar surface area (TPSA) is 77.5 Å². The summed E-state index contributed by atoms with van der Waals surface area (Å²) in [6.45, 7) is 0.497. The predicted molar refractivity (Wildman–Crippen MR) is 78.6 cm³/mol. The monoisotopic (exact) mass is 306 g/mol. The number of nitrogens with one attached hydrogen (secondary N) is 1. The fourth-order valence-corrected chi connectivity index (χ4v) is 2.34. The maximum Gasteiger partial charge on any atom is 0.349 e. The second-order valence-corrected chi connectivity index (χ2v) is 5.14. The second-order valence-electron chi connectivity index (χ2n) is 4.11. The quantitative estimate of drug-likeness (QED) is 0.858. The van der Waals surface area contributed by atoms with Crippen molar-refractivity contribution in [2.45, 2.75) is 6.61 Å². The molecule has 0 saturated carbocycles. The Labute approximate surface area is 125 Å². The van der Waals surface area contributed by atoms with Gasteiger partial charge in [-0.05, 0) is 17.7 Å². The van der Waals surface area contributed by atoms with Crippen LogP contribution < -0.4 is 5.32 Å². The number of hydrogen-bond donors (Lipinski definition) is 1. The van der Waals surface area contributed by atoms with Crippen LogP contribution in [0.25, 0.3) is 0 Å². The number of nitrogens with zero attached hydrogens (tertiary/aromatic N) is 1. The van der Waals surface area contributed by atoms with Crippen LogP contribution in [0, 0.1) is 0 Å². The molecule has 1 amide bonds. The van der Waals surface area contributed by atoms with Gasteiger partial charge < -0.3 is 9.47 Å². The molecule has 1 N–H and O–H groups in total. The zero-order chi connectivity index (χ0) is 15.2. The normalized spacial score (nSPS) is 10.2. The minimum Gasteiger partial charge on any atom is -0.465 e. The summed E-state index contributed by atoms with van der Waals surface area (Å²) < 4.78 is 9.59. The fraction of sp³-hybridized carbons (Fsp3) is 0.214. The van der Waals surface area contributed by atoms with Gasteiger partial charge in [-0.15, -0.1) is 0 Å². The molecule has 110 valence electrons. The molecule has 2 aromatic rings. The first-order chi connectivity index (χ1) is 10.1. The van der Waals surface area contributed by atoms with E-state index >= 15 is 0 Å². The average Bonchev–Trinajstić information content (AvgIpc) is 2.96. The molecule has 0 saturated heterocycles. The third-order valence-corrected chi connectivity index (χ3v) is 3.53. The molecule has 1 aromatic heterocycles. The molecule has 0 bridgehead atoms. The second kappa shape index (κ2) is 6.96. The number of thiazole rings is 1. The van der Waals surface area contributed by atoms with E-state index in [1.807, 2.05) is 12.1 Å². The van der Waals surface area contributed by atoms with Crippen molar-refractivity contribution < 1.29 is 19.1 Å². The predicted octanol–water partition coefficient (Wildman–Crippen LogP) is 2.33. The van der Waals surface area contributed by atoms with Crippen LogP contribution in [0.15, 0.2) is 30.5 Å². The summed E-state index contributed by atoms with van der Waals surface area (Å²) in [5.74, 6) is -0.762. The molecule has 0 aliphatic rings. The molecule has 6 nitrogen and oxygen atoms in total. The van der Waals surface area contributed by atoms with E-state index in [9.17, 15) is 9.59 Å². The Bertz CT molecular complexity index is 637. The molecular formula is C14H14N2O4S. The van der Waals surface area contributed by atoms with E-state index in [0.717, 1.165) is 16.9 Å². The van der Waals surface area contributed by atoms with E-state index in [4.69, 9.17) is 4.74 Å². The first kappa shape index (κ1) is 15.1. The molecule has 0 atom stereocenters. The van der Waals surface area contributed by atoms with Crippen molar-refractivity contribution in [1.29, 1.82) is 0 Å². The van der Waals surface area contributed by atoms with Crippen molar-refractivity contribution in [2.75, 3.05) is 19.5 Å². The number of rotatable bonds is 5. The number of methoxy groups -OCH3 is 2. The lowest BCUT2D eigenvalue weighted by molar-refractivity contribution is 0.0606. The summed E-state index contributed by atoms with van der Waals surface area (Å²) in [7, 11) is 2.91. The molecule has 7 heteroatoms. The summed E-state index contributed by atoms with van der Waals surface area (Å²) >= 11 is 1.06. The fourth-order valence-electron chi connectivity index (χ4n) is 1.62. The average molecular weight is 306 g/mol. The summed E-state index contributed by atoms with van der Waals surface area (Å²) in [6, 6.07) is 7.05. The largest absolute Gasteiger partial charge is 0.465 e. The van der Waals surface area contributed by atoms with Gasteiger partial charge in [0.2, 0.25) is 0 Å². The van der Waals surface area contributed by atoms with Crippen LogP contribution >= 0.6 is 11.3 Å². The number of anilines is 1. The molecule has 21 heavy (non-hydrogen) atoms. The van der Waals surface area contributed by atoms with E-state index in [1.54, 1.807) is 19.2 Å². The van der Waals surface area contributed by atoms with Gasteiger partial charge in [-0.3, -0.25) is 10.1 Å². The van der Waals surface area contributed by atoms with Crippen LogP contribution in [-0.4, -0.2) is 31.1 Å². The zero-order valence-corrected chi connectivity index (χ0v) is 12.4. The highest BCUT2D eigenvalue weighted by Gasteiger charge is 2.13. The van der Waals surface area contributed by atoms with E-state index in [2.05, 4.69) is 15.0 Å². The zero-order valence-electron chi connectivity index (χ0n) is 11.6. The molecule has 0 fully saturated rings. The first-order valence-electron chi connectivity index (χ1n) is 6.07. The number of carbonyl (C=O) groups is 2. The lowest BCUT2D eigenvalue weighted by Gasteiger charge is -2.03. The van der Waals surface area contributed by atoms with Crippen molar-refractivity contribution in [3.05, 3.63) is 46.5 Å². The van der Waals surface area contributed by atoms with Crippen LogP contribution in [0.4, 0.5) is 5.13 Å². The SMILES string of the molecule is COCc1ccc(C(=O)Nc2ncc(C(=O)OC)s2)cc1. The first-order valence-corrected chi connectivity index (χ1v) is 6.89. The van der Waals surface area contributed by atoms with E-state index in [0.29, 0.717) is 22.2 Å². The summed E-state index contributed by atoms with van der Waals surface area (Å²) in [6.07, 6.45) is 1.37. The van der Waals surface area contributed by atoms with Gasteiger partial charge in [-0.1, -0.05) is 23.5 Å². The highest BCUT2D eigenvalue weighted by Crippen LogP contribution is 2.19. The molecule has 2 rings (SSSR count). The van der Waals surface area contributed by atoms with Crippen LogP contribution in [0.2, 0.25) is 0 Å². The van der Waals surface area contributed by atoms with Crippen LogP contribution in [0.1, 0.15) is 25.6 Å². The number of ether oxygens (including phenoxy) is 2. The minimum atomic E-state index is -0.475. The Morgan fingerprint density at radius 3 is 2.57 bits per heavy atom. The maximum absolute atomic E-state index is 12.0. The number of benzene rings is 1. The molecular weight excluding hydrogens is 292 g/mol. The summed E-state index contributed by atoms with van der Waals surface area (Å²) in [5.41, 5.74) is 1.49. The number of esters is 1. The highest BCUT2D eigenvalue weighted by atomic mass is 32.1. The third-order valence-electron chi connectivity index (χ3n) is 2.64. The van der Waals surface area contributed by atoms with E-state index in [1.165, 1.54) is 13.3 Å². The van der Waals surface area contributed by atoms with Crippen molar-refractivity contribution in [3.8, 4) is 0 Å². The van der Waals surface area contributed by atoms with Gasteiger partial charge in [-0.25, -0.2) is 9.78 Å². The van der Waals surface area contributed by atoms with Crippen LogP contribution in [0.3, 0.4) is 0 Å². The Balaban J connectivity index is 2.03. The molecule has 0 aliphatic carbocycles. The summed E-state index contributed by atoms with van der Waals surface area (Å²) in [4.78, 5) is 27.6. The van der Waals surface area contributed by atoms with Crippen molar-refractivity contribution >= 4 is 28.3 Å². The third kappa shape index (κ3) is 3.87. The van der Waals surface area contributed by atoms with Gasteiger partial charge in [0.15, 0.2) is 5.13 Å². The van der Waals surface area contributed by atoms with Gasteiger partial charge >= 0.3 is 5.97 Å². The van der Waals surface area contributed by atoms with E-state index in [-0.39, 0.29) is 5.91 Å². The molecule has 1 aromatic carbocycles. The standard InChI is InChI=1S/C14H14N2O4S/c1-19-8-9-3-5-10(6-4-9)12(17)16-14-15-7-11(21-14)13(18)20-2/h3-7H,8H2,1-2H3,(H,15,16,17). The van der Waals surface area contributed by atoms with Crippen molar-refractivity contribution in [1.82, 2.24) is 4.98 Å². The molecule has 0 aliphatic heterocycles. The van der Waals surface area contributed by atoms with Gasteiger partial charge in [0.25, 0.3) is 5.91 Å². The number of hydrogen-bond acceptors (Lipinski definition) is 6. The van der Waals surface area contributed by atoms with Gasteiger partial charge in [0, 0.05) is 12.7 Å². The van der Waals surface area contributed by atoms with Gasteiger partial charge in [0.05, 0.1) is 19.9 Å². The van der Waals surface area contributed by atoms with Crippen molar-refractivity contribution in [3.63, 3.8) is 0 Å². The Morgan fingerprint density at radius 2 is 1.95 bits per heavy atom. The summed E-state index contributed by atoms with van der Waals surface area (Å²) in [5, 5.41) is 2.99. The smallest absolute Gasteiger partial charge is 0.349 e. The maximum atomic E-state index is 12.0. The van der Waals surface area contributed by atoms with Crippen LogP contribution in [0.5, 0.6) is 0 Å². The van der Waals surface area contributed by atoms with Gasteiger partial charge in [0.1, 0.15) is 4.88 Å². The number of aromatic nitrogens is 1.